The molecule has 1 N–H and O–H groups in total. The Bertz CT molecular complexity index is 208. The van der Waals surface area contributed by atoms with Crippen molar-refractivity contribution in [1.82, 2.24) is 0 Å². The lowest BCUT2D eigenvalue weighted by Crippen LogP contribution is -2.12. The summed E-state index contributed by atoms with van der Waals surface area (Å²) in [6.07, 6.45) is 7.90. The van der Waals surface area contributed by atoms with Crippen molar-refractivity contribution in [1.29, 1.82) is 0 Å². The number of hydrogen-bond acceptors (Lipinski definition) is 1. The summed E-state index contributed by atoms with van der Waals surface area (Å²) in [6.45, 7) is 0. The third-order valence-corrected chi connectivity index (χ3v) is 2.71. The summed E-state index contributed by atoms with van der Waals surface area (Å²) in [4.78, 5) is 10.4. The molecule has 0 aromatic heterocycles. The molecule has 2 bridgehead atoms. The third kappa shape index (κ3) is 1.14. The molecule has 2 heteroatoms. The molecular formula is C9H11O2+. The number of carboxylic acid groups (broad SMARTS) is 1. The second-order valence-electron chi connectivity index (χ2n) is 3.53. The number of carbonyl (C=O) groups is 1. The Morgan fingerprint density at radius 2 is 2.45 bits per heavy atom. The van der Waals surface area contributed by atoms with Gasteiger partial charge < -0.3 is 5.11 Å². The molecule has 3 atom stereocenters. The molecule has 2 aliphatic carbocycles. The smallest absolute Gasteiger partial charge is 0.303 e. The number of aliphatic carboxylic acids is 1. The second-order valence-corrected chi connectivity index (χ2v) is 3.53. The van der Waals surface area contributed by atoms with Gasteiger partial charge in [0.15, 0.2) is 12.0 Å². The van der Waals surface area contributed by atoms with E-state index in [1.54, 1.807) is 0 Å². The van der Waals surface area contributed by atoms with E-state index in [1.165, 1.54) is 0 Å². The first kappa shape index (κ1) is 6.81. The Hall–Kier alpha value is -0.880. The van der Waals surface area contributed by atoms with Gasteiger partial charge in [-0.25, -0.2) is 0 Å². The van der Waals surface area contributed by atoms with Gasteiger partial charge in [-0.3, -0.25) is 4.79 Å². The zero-order valence-corrected chi connectivity index (χ0v) is 6.29. The SMILES string of the molecule is O=C(O)CC1CC2C=[C+]C1C2. The first-order valence-corrected chi connectivity index (χ1v) is 4.07. The minimum absolute atomic E-state index is 0.335. The van der Waals surface area contributed by atoms with Crippen LogP contribution in [0.2, 0.25) is 0 Å². The summed E-state index contributed by atoms with van der Waals surface area (Å²) in [6, 6.07) is 0. The van der Waals surface area contributed by atoms with Crippen molar-refractivity contribution in [2.45, 2.75) is 19.3 Å². The molecule has 1 saturated carbocycles. The Kier molecular flexibility index (Phi) is 1.43. The second kappa shape index (κ2) is 2.31. The number of allylic oxidation sites excluding steroid dienone is 2. The van der Waals surface area contributed by atoms with Crippen molar-refractivity contribution in [3.8, 4) is 0 Å². The lowest BCUT2D eigenvalue weighted by molar-refractivity contribution is -0.138. The topological polar surface area (TPSA) is 37.3 Å². The third-order valence-electron chi connectivity index (χ3n) is 2.71. The Labute approximate surface area is 65.9 Å². The fourth-order valence-electron chi connectivity index (χ4n) is 2.22. The summed E-state index contributed by atoms with van der Waals surface area (Å²) < 4.78 is 0. The molecule has 2 rings (SSSR count). The number of fused-ring (bicyclic) bond motifs is 2. The van der Waals surface area contributed by atoms with Crippen LogP contribution in [0.3, 0.4) is 0 Å². The van der Waals surface area contributed by atoms with E-state index in [0.29, 0.717) is 24.2 Å². The average molecular weight is 151 g/mol. The molecule has 0 aliphatic heterocycles. The summed E-state index contributed by atoms with van der Waals surface area (Å²) in [5.74, 6) is 0.812. The van der Waals surface area contributed by atoms with Gasteiger partial charge in [-0.2, -0.15) is 0 Å². The van der Waals surface area contributed by atoms with Crippen molar-refractivity contribution in [3.63, 3.8) is 0 Å². The van der Waals surface area contributed by atoms with E-state index < -0.39 is 5.97 Å². The van der Waals surface area contributed by atoms with Gasteiger partial charge in [0.2, 0.25) is 6.08 Å². The van der Waals surface area contributed by atoms with Gasteiger partial charge in [0.1, 0.15) is 0 Å². The van der Waals surface area contributed by atoms with Gasteiger partial charge >= 0.3 is 5.97 Å². The van der Waals surface area contributed by atoms with Crippen molar-refractivity contribution in [2.24, 2.45) is 17.8 Å². The molecule has 1 fully saturated rings. The van der Waals surface area contributed by atoms with Gasteiger partial charge in [0, 0.05) is 18.3 Å². The van der Waals surface area contributed by atoms with Crippen LogP contribution in [0.1, 0.15) is 19.3 Å². The van der Waals surface area contributed by atoms with Crippen LogP contribution >= 0.6 is 0 Å². The van der Waals surface area contributed by atoms with Crippen molar-refractivity contribution >= 4 is 5.97 Å². The highest BCUT2D eigenvalue weighted by Crippen LogP contribution is 2.44. The van der Waals surface area contributed by atoms with E-state index in [1.807, 2.05) is 0 Å². The molecule has 11 heavy (non-hydrogen) atoms. The molecule has 0 heterocycles. The maximum Gasteiger partial charge on any atom is 0.303 e. The molecular weight excluding hydrogens is 140 g/mol. The highest BCUT2D eigenvalue weighted by atomic mass is 16.4. The Morgan fingerprint density at radius 3 is 2.91 bits per heavy atom. The van der Waals surface area contributed by atoms with Gasteiger partial charge in [-0.15, -0.1) is 0 Å². The molecule has 0 spiro atoms. The van der Waals surface area contributed by atoms with Crippen molar-refractivity contribution in [3.05, 3.63) is 12.2 Å². The fourth-order valence-corrected chi connectivity index (χ4v) is 2.22. The van der Waals surface area contributed by atoms with Crippen molar-refractivity contribution in [2.75, 3.05) is 0 Å². The largest absolute Gasteiger partial charge is 0.481 e. The Balaban J connectivity index is 1.98. The van der Waals surface area contributed by atoms with Crippen LogP contribution in [0.4, 0.5) is 0 Å². The minimum atomic E-state index is -0.663. The maximum atomic E-state index is 10.4. The van der Waals surface area contributed by atoms with Crippen LogP contribution in [0, 0.1) is 23.8 Å². The van der Waals surface area contributed by atoms with Crippen molar-refractivity contribution < 1.29 is 9.90 Å². The average Bonchev–Trinajstić information content (AvgIpc) is 2.45. The molecule has 0 amide bonds. The standard InChI is InChI=1S/C9H10O2/c10-9(11)5-8-4-6-1-2-7(8)3-6/h1,6-8H,3-5H2/p+1. The highest BCUT2D eigenvalue weighted by Gasteiger charge is 2.46. The van der Waals surface area contributed by atoms with Gasteiger partial charge in [-0.1, -0.05) is 0 Å². The van der Waals surface area contributed by atoms with Crippen LogP contribution in [-0.2, 0) is 4.79 Å². The van der Waals surface area contributed by atoms with E-state index in [0.717, 1.165) is 12.8 Å². The zero-order valence-electron chi connectivity index (χ0n) is 6.29. The zero-order chi connectivity index (χ0) is 7.84. The lowest BCUT2D eigenvalue weighted by atomic mass is 9.91. The molecule has 3 unspecified atom stereocenters. The van der Waals surface area contributed by atoms with Crippen LogP contribution in [0.15, 0.2) is 6.08 Å². The highest BCUT2D eigenvalue weighted by molar-refractivity contribution is 5.67. The van der Waals surface area contributed by atoms with Crippen LogP contribution in [0.25, 0.3) is 0 Å². The first-order chi connectivity index (χ1) is 5.25. The van der Waals surface area contributed by atoms with Gasteiger partial charge in [0.25, 0.3) is 0 Å². The summed E-state index contributed by atoms with van der Waals surface area (Å²) in [5.41, 5.74) is 0. The molecule has 0 radical (unpaired) electrons. The van der Waals surface area contributed by atoms with E-state index in [9.17, 15) is 4.79 Å². The summed E-state index contributed by atoms with van der Waals surface area (Å²) in [7, 11) is 0. The maximum absolute atomic E-state index is 10.4. The number of rotatable bonds is 2. The molecule has 0 aromatic carbocycles. The molecule has 0 aromatic rings. The first-order valence-electron chi connectivity index (χ1n) is 4.07. The normalized spacial score (nSPS) is 39.1. The molecule has 0 saturated heterocycles. The van der Waals surface area contributed by atoms with Crippen LogP contribution in [0.5, 0.6) is 0 Å². The van der Waals surface area contributed by atoms with Crippen LogP contribution < -0.4 is 0 Å². The van der Waals surface area contributed by atoms with Gasteiger partial charge in [0.05, 0.1) is 6.42 Å². The molecule has 58 valence electrons. The monoisotopic (exact) mass is 151 g/mol. The van der Waals surface area contributed by atoms with Crippen LogP contribution in [-0.4, -0.2) is 11.1 Å². The predicted molar refractivity (Wildman–Crippen MR) is 39.8 cm³/mol. The Morgan fingerprint density at radius 1 is 1.64 bits per heavy atom. The quantitative estimate of drug-likeness (QED) is 0.607. The lowest BCUT2D eigenvalue weighted by Gasteiger charge is -2.06. The predicted octanol–water partition coefficient (Wildman–Crippen LogP) is 1.48. The number of hydrogen-bond donors (Lipinski definition) is 1. The molecule has 2 aliphatic rings. The number of carboxylic acids is 1. The fraction of sp³-hybridized carbons (Fsp3) is 0.667. The molecule has 2 nitrogen and oxygen atoms in total. The van der Waals surface area contributed by atoms with E-state index >= 15 is 0 Å². The van der Waals surface area contributed by atoms with E-state index in [4.69, 9.17) is 5.11 Å². The summed E-state index contributed by atoms with van der Waals surface area (Å²) >= 11 is 0. The van der Waals surface area contributed by atoms with E-state index in [2.05, 4.69) is 12.2 Å². The van der Waals surface area contributed by atoms with Gasteiger partial charge in [-0.05, 0) is 6.42 Å². The van der Waals surface area contributed by atoms with E-state index in [-0.39, 0.29) is 0 Å². The minimum Gasteiger partial charge on any atom is -0.481 e. The summed E-state index contributed by atoms with van der Waals surface area (Å²) in [5, 5.41) is 8.56.